The summed E-state index contributed by atoms with van der Waals surface area (Å²) in [5.41, 5.74) is 2.68. The van der Waals surface area contributed by atoms with Crippen molar-refractivity contribution in [2.45, 2.75) is 20.5 Å². The lowest BCUT2D eigenvalue weighted by atomic mass is 10.2. The van der Waals surface area contributed by atoms with E-state index >= 15 is 0 Å². The van der Waals surface area contributed by atoms with Gasteiger partial charge >= 0.3 is 0 Å². The van der Waals surface area contributed by atoms with Crippen LogP contribution >= 0.6 is 0 Å². The maximum absolute atomic E-state index is 13.4. The Bertz CT molecular complexity index is 1160. The molecule has 0 aliphatic heterocycles. The van der Waals surface area contributed by atoms with Gasteiger partial charge in [0.15, 0.2) is 12.4 Å². The number of hydrogen-bond donors (Lipinski definition) is 0. The van der Waals surface area contributed by atoms with Crippen molar-refractivity contribution in [3.05, 3.63) is 77.3 Å². The highest BCUT2D eigenvalue weighted by Gasteiger charge is 2.14. The Morgan fingerprint density at radius 3 is 2.41 bits per heavy atom. The Hall–Kier alpha value is -3.68. The summed E-state index contributed by atoms with van der Waals surface area (Å²) in [5, 5.41) is 3.85. The van der Waals surface area contributed by atoms with E-state index in [1.54, 1.807) is 24.3 Å². The molecule has 8 heteroatoms. The van der Waals surface area contributed by atoms with E-state index < -0.39 is 0 Å². The van der Waals surface area contributed by atoms with E-state index in [0.717, 1.165) is 11.3 Å². The van der Waals surface area contributed by atoms with Gasteiger partial charge in [-0.05, 0) is 50.2 Å². The van der Waals surface area contributed by atoms with E-state index in [-0.39, 0.29) is 30.0 Å². The van der Waals surface area contributed by atoms with Crippen molar-refractivity contribution in [3.63, 3.8) is 0 Å². The summed E-state index contributed by atoms with van der Waals surface area (Å²) in [4.78, 5) is 13.1. The van der Waals surface area contributed by atoms with Crippen molar-refractivity contribution >= 4 is 0 Å². The summed E-state index contributed by atoms with van der Waals surface area (Å²) in [6.07, 6.45) is 0. The molecule has 0 N–H and O–H groups in total. The van der Waals surface area contributed by atoms with Crippen molar-refractivity contribution in [2.75, 3.05) is 0 Å². The normalized spacial score (nSPS) is 10.9. The number of hydrogen-bond acceptors (Lipinski definition) is 6. The molecule has 2 aromatic heterocycles. The van der Waals surface area contributed by atoms with Gasteiger partial charge in [0, 0.05) is 22.4 Å². The van der Waals surface area contributed by atoms with Gasteiger partial charge < -0.3 is 9.26 Å². The Balaban J connectivity index is 1.55. The molecule has 4 rings (SSSR count). The second-order valence-corrected chi connectivity index (χ2v) is 6.38. The number of ether oxygens (including phenoxy) is 1. The highest BCUT2D eigenvalue weighted by atomic mass is 19.1. The standard InChI is InChI=1S/C21H16F2N4O2/c1-12-13(2)24-19(14-6-8-16(22)9-7-14)26-21(12)28-11-18-25-20(27-29-18)15-4-3-5-17(23)10-15/h3-10H,11H2,1-2H3. The third-order valence-corrected chi connectivity index (χ3v) is 4.33. The summed E-state index contributed by atoms with van der Waals surface area (Å²) >= 11 is 0. The van der Waals surface area contributed by atoms with Crippen molar-refractivity contribution in [2.24, 2.45) is 0 Å². The summed E-state index contributed by atoms with van der Waals surface area (Å²) in [6, 6.07) is 11.8. The quantitative estimate of drug-likeness (QED) is 0.490. The topological polar surface area (TPSA) is 73.9 Å². The lowest BCUT2D eigenvalue weighted by Gasteiger charge is -2.10. The molecule has 0 aliphatic carbocycles. The number of benzene rings is 2. The van der Waals surface area contributed by atoms with Gasteiger partial charge in [-0.3, -0.25) is 0 Å². The van der Waals surface area contributed by atoms with E-state index in [1.165, 1.54) is 24.3 Å². The molecule has 0 atom stereocenters. The van der Waals surface area contributed by atoms with Crippen LogP contribution in [0.4, 0.5) is 8.78 Å². The minimum absolute atomic E-state index is 0.0114. The molecular formula is C21H16F2N4O2. The van der Waals surface area contributed by atoms with Crippen molar-refractivity contribution in [3.8, 4) is 28.7 Å². The zero-order valence-corrected chi connectivity index (χ0v) is 15.7. The highest BCUT2D eigenvalue weighted by Crippen LogP contribution is 2.24. The molecule has 0 saturated heterocycles. The third-order valence-electron chi connectivity index (χ3n) is 4.33. The number of nitrogens with zero attached hydrogens (tertiary/aromatic N) is 4. The van der Waals surface area contributed by atoms with Gasteiger partial charge in [-0.1, -0.05) is 17.3 Å². The summed E-state index contributed by atoms with van der Waals surface area (Å²) in [6.45, 7) is 3.67. The second-order valence-electron chi connectivity index (χ2n) is 6.38. The first-order chi connectivity index (χ1) is 14.0. The highest BCUT2D eigenvalue weighted by molar-refractivity contribution is 5.56. The van der Waals surface area contributed by atoms with Gasteiger partial charge in [0.1, 0.15) is 11.6 Å². The zero-order valence-electron chi connectivity index (χ0n) is 15.7. The monoisotopic (exact) mass is 394 g/mol. The summed E-state index contributed by atoms with van der Waals surface area (Å²) in [7, 11) is 0. The van der Waals surface area contributed by atoms with Gasteiger partial charge in [-0.25, -0.2) is 13.8 Å². The summed E-state index contributed by atoms with van der Waals surface area (Å²) in [5.74, 6) is 0.565. The fourth-order valence-electron chi connectivity index (χ4n) is 2.66. The fourth-order valence-corrected chi connectivity index (χ4v) is 2.66. The van der Waals surface area contributed by atoms with E-state index in [2.05, 4.69) is 20.1 Å². The minimum Gasteiger partial charge on any atom is -0.467 e. The number of aryl methyl sites for hydroxylation is 1. The van der Waals surface area contributed by atoms with Crippen LogP contribution in [-0.2, 0) is 6.61 Å². The Kier molecular flexibility index (Phi) is 4.99. The Morgan fingerprint density at radius 2 is 1.66 bits per heavy atom. The molecule has 0 radical (unpaired) electrons. The average molecular weight is 394 g/mol. The maximum atomic E-state index is 13.4. The Labute approximate surface area is 165 Å². The van der Waals surface area contributed by atoms with Crippen molar-refractivity contribution < 1.29 is 18.0 Å². The molecule has 0 spiro atoms. The van der Waals surface area contributed by atoms with E-state index in [4.69, 9.17) is 9.26 Å². The molecule has 0 unspecified atom stereocenters. The molecule has 29 heavy (non-hydrogen) atoms. The van der Waals surface area contributed by atoms with Crippen LogP contribution in [0, 0.1) is 25.5 Å². The third kappa shape index (κ3) is 4.11. The first kappa shape index (κ1) is 18.7. The van der Waals surface area contributed by atoms with Crippen LogP contribution in [0.2, 0.25) is 0 Å². The lowest BCUT2D eigenvalue weighted by molar-refractivity contribution is 0.234. The zero-order chi connectivity index (χ0) is 20.4. The second kappa shape index (κ2) is 7.75. The molecular weight excluding hydrogens is 378 g/mol. The lowest BCUT2D eigenvalue weighted by Crippen LogP contribution is -2.04. The minimum atomic E-state index is -0.384. The molecule has 4 aromatic rings. The SMILES string of the molecule is Cc1nc(-c2ccc(F)cc2)nc(OCc2nc(-c3cccc(F)c3)no2)c1C. The van der Waals surface area contributed by atoms with Gasteiger partial charge in [0.2, 0.25) is 11.7 Å². The van der Waals surface area contributed by atoms with E-state index in [9.17, 15) is 8.78 Å². The predicted molar refractivity (Wildman–Crippen MR) is 101 cm³/mol. The van der Waals surface area contributed by atoms with Crippen molar-refractivity contribution in [1.29, 1.82) is 0 Å². The van der Waals surface area contributed by atoms with Crippen LogP contribution in [0.25, 0.3) is 22.8 Å². The number of aromatic nitrogens is 4. The molecule has 2 aromatic carbocycles. The smallest absolute Gasteiger partial charge is 0.264 e. The Morgan fingerprint density at radius 1 is 0.862 bits per heavy atom. The first-order valence-electron chi connectivity index (χ1n) is 8.82. The molecule has 0 saturated carbocycles. The molecule has 0 fully saturated rings. The van der Waals surface area contributed by atoms with Crippen LogP contribution in [0.15, 0.2) is 53.1 Å². The van der Waals surface area contributed by atoms with Gasteiger partial charge in [0.05, 0.1) is 0 Å². The van der Waals surface area contributed by atoms with E-state index in [0.29, 0.717) is 22.8 Å². The predicted octanol–water partition coefficient (Wildman–Crippen LogP) is 4.67. The van der Waals surface area contributed by atoms with Crippen LogP contribution in [0.3, 0.4) is 0 Å². The average Bonchev–Trinajstić information content (AvgIpc) is 3.19. The number of rotatable bonds is 5. The molecule has 0 aliphatic rings. The molecule has 2 heterocycles. The first-order valence-corrected chi connectivity index (χ1v) is 8.82. The van der Waals surface area contributed by atoms with Crippen LogP contribution in [0.1, 0.15) is 17.1 Å². The van der Waals surface area contributed by atoms with Crippen LogP contribution < -0.4 is 4.74 Å². The van der Waals surface area contributed by atoms with Crippen molar-refractivity contribution in [1.82, 2.24) is 20.1 Å². The molecule has 146 valence electrons. The summed E-state index contributed by atoms with van der Waals surface area (Å²) < 4.78 is 37.5. The largest absolute Gasteiger partial charge is 0.467 e. The van der Waals surface area contributed by atoms with Gasteiger partial charge in [0.25, 0.3) is 5.89 Å². The van der Waals surface area contributed by atoms with Gasteiger partial charge in [-0.15, -0.1) is 0 Å². The number of halogens is 2. The van der Waals surface area contributed by atoms with E-state index in [1.807, 2.05) is 13.8 Å². The van der Waals surface area contributed by atoms with Gasteiger partial charge in [-0.2, -0.15) is 9.97 Å². The fraction of sp³-hybridized carbons (Fsp3) is 0.143. The van der Waals surface area contributed by atoms with Crippen LogP contribution in [-0.4, -0.2) is 20.1 Å². The molecule has 6 nitrogen and oxygen atoms in total. The maximum Gasteiger partial charge on any atom is 0.264 e. The van der Waals surface area contributed by atoms with Crippen LogP contribution in [0.5, 0.6) is 5.88 Å². The molecule has 0 amide bonds. The molecule has 0 bridgehead atoms.